The first kappa shape index (κ1) is 12.9. The van der Waals surface area contributed by atoms with E-state index >= 15 is 0 Å². The van der Waals surface area contributed by atoms with E-state index in [1.165, 1.54) is 0 Å². The summed E-state index contributed by atoms with van der Waals surface area (Å²) in [5, 5.41) is 0. The van der Waals surface area contributed by atoms with Gasteiger partial charge in [0.2, 0.25) is 5.71 Å². The van der Waals surface area contributed by atoms with Crippen LogP contribution in [0.3, 0.4) is 0 Å². The lowest BCUT2D eigenvalue weighted by Gasteiger charge is -1.90. The highest BCUT2D eigenvalue weighted by Crippen LogP contribution is 2.04. The molecule has 0 atom stereocenters. The molecule has 4 aromatic rings. The molecule has 0 N–H and O–H groups in total. The first-order valence-corrected chi connectivity index (χ1v) is 6.19. The number of hydrogen-bond acceptors (Lipinski definition) is 6. The third kappa shape index (κ3) is 3.06. The minimum absolute atomic E-state index is 0.278. The summed E-state index contributed by atoms with van der Waals surface area (Å²) in [6.45, 7) is 0. The first-order valence-electron chi connectivity index (χ1n) is 6.19. The highest BCUT2D eigenvalue weighted by molar-refractivity contribution is 5.73. The van der Waals surface area contributed by atoms with Crippen LogP contribution < -0.4 is 5.63 Å². The van der Waals surface area contributed by atoms with Crippen molar-refractivity contribution in [2.45, 2.75) is 0 Å². The molecule has 0 saturated heterocycles. The second kappa shape index (κ2) is 5.87. The standard InChI is InChI=1S/C8H6N2.C7H4N2O2/c1-2-4-8-7(3-1)9-5-6-10-8;10-6-4-9-5-2-1-3-8-7(5)11-6/h1-6H;1-4H. The number of hydrogen-bond donors (Lipinski definition) is 0. The van der Waals surface area contributed by atoms with Crippen molar-refractivity contribution in [2.24, 2.45) is 0 Å². The van der Waals surface area contributed by atoms with E-state index in [9.17, 15) is 4.79 Å². The molecule has 3 heterocycles. The van der Waals surface area contributed by atoms with Crippen LogP contribution in [0.5, 0.6) is 0 Å². The van der Waals surface area contributed by atoms with E-state index in [2.05, 4.69) is 19.9 Å². The van der Waals surface area contributed by atoms with Crippen molar-refractivity contribution in [3.63, 3.8) is 0 Å². The van der Waals surface area contributed by atoms with Gasteiger partial charge in [-0.2, -0.15) is 0 Å². The number of benzene rings is 1. The molecule has 6 heteroatoms. The monoisotopic (exact) mass is 278 g/mol. The third-order valence-corrected chi connectivity index (χ3v) is 2.63. The fourth-order valence-corrected chi connectivity index (χ4v) is 1.71. The van der Waals surface area contributed by atoms with Crippen LogP contribution in [-0.2, 0) is 0 Å². The van der Waals surface area contributed by atoms with Gasteiger partial charge in [0.05, 0.1) is 11.0 Å². The molecule has 6 nitrogen and oxygen atoms in total. The Morgan fingerprint density at radius 2 is 1.38 bits per heavy atom. The summed E-state index contributed by atoms with van der Waals surface area (Å²) in [5.41, 5.74) is 2.29. The van der Waals surface area contributed by atoms with Gasteiger partial charge in [0.25, 0.3) is 0 Å². The molecular weight excluding hydrogens is 268 g/mol. The van der Waals surface area contributed by atoms with E-state index in [0.29, 0.717) is 5.52 Å². The zero-order chi connectivity index (χ0) is 14.5. The van der Waals surface area contributed by atoms with Crippen molar-refractivity contribution in [1.82, 2.24) is 19.9 Å². The lowest BCUT2D eigenvalue weighted by atomic mass is 10.3. The molecule has 1 aromatic carbocycles. The molecule has 102 valence electrons. The van der Waals surface area contributed by atoms with E-state index in [0.717, 1.165) is 17.2 Å². The third-order valence-electron chi connectivity index (χ3n) is 2.63. The fraction of sp³-hybridized carbons (Fsp3) is 0. The zero-order valence-electron chi connectivity index (χ0n) is 10.9. The highest BCUT2D eigenvalue weighted by Gasteiger charge is 1.95. The maximum atomic E-state index is 10.6. The SMILES string of the molecule is O=c1cnc2cccnc2o1.c1ccc2nccnc2c1. The molecule has 0 amide bonds. The smallest absolute Gasteiger partial charge is 0.356 e. The van der Waals surface area contributed by atoms with Crippen molar-refractivity contribution < 1.29 is 4.42 Å². The Bertz CT molecular complexity index is 871. The fourth-order valence-electron chi connectivity index (χ4n) is 1.71. The van der Waals surface area contributed by atoms with Gasteiger partial charge in [-0.25, -0.2) is 14.8 Å². The van der Waals surface area contributed by atoms with Crippen LogP contribution in [0.4, 0.5) is 0 Å². The van der Waals surface area contributed by atoms with Crippen molar-refractivity contribution >= 4 is 22.3 Å². The van der Waals surface area contributed by atoms with Crippen LogP contribution in [0.1, 0.15) is 0 Å². The molecule has 4 rings (SSSR count). The maximum absolute atomic E-state index is 10.6. The summed E-state index contributed by atoms with van der Waals surface area (Å²) in [4.78, 5) is 26.5. The van der Waals surface area contributed by atoms with Crippen molar-refractivity contribution in [3.05, 3.63) is 71.6 Å². The minimum Gasteiger partial charge on any atom is -0.401 e. The Hall–Kier alpha value is -3.15. The Morgan fingerprint density at radius 1 is 0.714 bits per heavy atom. The first-order chi connectivity index (χ1) is 10.3. The van der Waals surface area contributed by atoms with Gasteiger partial charge in [0.1, 0.15) is 11.7 Å². The number of nitrogens with zero attached hydrogens (tertiary/aromatic N) is 4. The Balaban J connectivity index is 0.000000126. The molecule has 0 bridgehead atoms. The number of fused-ring (bicyclic) bond motifs is 2. The molecule has 0 unspecified atom stereocenters. The second-order valence-electron chi connectivity index (χ2n) is 4.05. The summed E-state index contributed by atoms with van der Waals surface area (Å²) < 4.78 is 4.73. The quantitative estimate of drug-likeness (QED) is 0.490. The Labute approximate surface area is 119 Å². The summed E-state index contributed by atoms with van der Waals surface area (Å²) in [6, 6.07) is 11.3. The molecule has 0 spiro atoms. The Morgan fingerprint density at radius 3 is 2.10 bits per heavy atom. The van der Waals surface area contributed by atoms with Gasteiger partial charge in [0, 0.05) is 18.6 Å². The van der Waals surface area contributed by atoms with E-state index in [1.807, 2.05) is 24.3 Å². The second-order valence-corrected chi connectivity index (χ2v) is 4.05. The number of aromatic nitrogens is 4. The summed E-state index contributed by atoms with van der Waals surface area (Å²) in [7, 11) is 0. The molecule has 0 aliphatic carbocycles. The minimum atomic E-state index is -0.476. The predicted octanol–water partition coefficient (Wildman–Crippen LogP) is 2.21. The molecule has 0 aliphatic rings. The molecule has 3 aromatic heterocycles. The van der Waals surface area contributed by atoms with Gasteiger partial charge < -0.3 is 4.42 Å². The van der Waals surface area contributed by atoms with E-state index in [1.54, 1.807) is 30.7 Å². The number of rotatable bonds is 0. The molecule has 0 saturated carbocycles. The van der Waals surface area contributed by atoms with E-state index < -0.39 is 5.63 Å². The van der Waals surface area contributed by atoms with E-state index in [-0.39, 0.29) is 5.71 Å². The van der Waals surface area contributed by atoms with Crippen LogP contribution in [-0.4, -0.2) is 19.9 Å². The van der Waals surface area contributed by atoms with Gasteiger partial charge in [0.15, 0.2) is 0 Å². The molecule has 0 radical (unpaired) electrons. The number of para-hydroxylation sites is 2. The molecule has 21 heavy (non-hydrogen) atoms. The van der Waals surface area contributed by atoms with Gasteiger partial charge in [-0.3, -0.25) is 9.97 Å². The average molecular weight is 278 g/mol. The van der Waals surface area contributed by atoms with Crippen LogP contribution in [0.2, 0.25) is 0 Å². The molecule has 0 fully saturated rings. The van der Waals surface area contributed by atoms with Gasteiger partial charge >= 0.3 is 5.63 Å². The summed E-state index contributed by atoms with van der Waals surface area (Å²) in [5.74, 6) is 0. The van der Waals surface area contributed by atoms with Crippen LogP contribution in [0.15, 0.2) is 70.4 Å². The van der Waals surface area contributed by atoms with Crippen molar-refractivity contribution in [1.29, 1.82) is 0 Å². The maximum Gasteiger partial charge on any atom is 0.356 e. The Kier molecular flexibility index (Phi) is 3.60. The van der Waals surface area contributed by atoms with Crippen LogP contribution in [0, 0.1) is 0 Å². The van der Waals surface area contributed by atoms with Gasteiger partial charge in [-0.1, -0.05) is 12.1 Å². The lowest BCUT2D eigenvalue weighted by molar-refractivity contribution is 0.543. The van der Waals surface area contributed by atoms with E-state index in [4.69, 9.17) is 4.42 Å². The number of pyridine rings is 1. The normalized spacial score (nSPS) is 10.1. The molecule has 0 aliphatic heterocycles. The predicted molar refractivity (Wildman–Crippen MR) is 77.6 cm³/mol. The molecular formula is C15H10N4O2. The highest BCUT2D eigenvalue weighted by atomic mass is 16.4. The van der Waals surface area contributed by atoms with Crippen molar-refractivity contribution in [2.75, 3.05) is 0 Å². The van der Waals surface area contributed by atoms with Crippen LogP contribution >= 0.6 is 0 Å². The van der Waals surface area contributed by atoms with Gasteiger partial charge in [-0.15, -0.1) is 0 Å². The topological polar surface area (TPSA) is 81.8 Å². The largest absolute Gasteiger partial charge is 0.401 e. The zero-order valence-corrected chi connectivity index (χ0v) is 10.9. The van der Waals surface area contributed by atoms with Crippen molar-refractivity contribution in [3.8, 4) is 0 Å². The summed E-state index contributed by atoms with van der Waals surface area (Å²) >= 11 is 0. The lowest BCUT2D eigenvalue weighted by Crippen LogP contribution is -1.98. The summed E-state index contributed by atoms with van der Waals surface area (Å²) in [6.07, 6.45) is 6.07. The van der Waals surface area contributed by atoms with Gasteiger partial charge in [-0.05, 0) is 24.3 Å². The van der Waals surface area contributed by atoms with Crippen LogP contribution in [0.25, 0.3) is 22.3 Å². The average Bonchev–Trinajstić information content (AvgIpc) is 2.55.